The molecule has 1 aromatic heterocycles. The van der Waals surface area contributed by atoms with Crippen molar-refractivity contribution in [2.75, 3.05) is 5.73 Å². The Kier molecular flexibility index (Phi) is 3.83. The topological polar surface area (TPSA) is 99.8 Å². The van der Waals surface area contributed by atoms with Crippen LogP contribution in [-0.2, 0) is 13.0 Å². The highest BCUT2D eigenvalue weighted by atomic mass is 32.2. The Morgan fingerprint density at radius 1 is 1.24 bits per heavy atom. The molecule has 7 heteroatoms. The number of benzene rings is 1. The van der Waals surface area contributed by atoms with Crippen LogP contribution in [0.15, 0.2) is 28.3 Å². The van der Waals surface area contributed by atoms with Gasteiger partial charge in [-0.15, -0.1) is 10.2 Å². The van der Waals surface area contributed by atoms with Gasteiger partial charge in [0.1, 0.15) is 5.82 Å². The molecule has 0 radical (unpaired) electrons. The largest absolute Gasteiger partial charge is 0.399 e. The number of hydrogen-bond donors (Lipinski definition) is 2. The van der Waals surface area contributed by atoms with E-state index in [2.05, 4.69) is 14.8 Å². The summed E-state index contributed by atoms with van der Waals surface area (Å²) in [6.45, 7) is 0.916. The number of nitrogen functional groups attached to an aromatic ring is 1. The predicted octanol–water partition coefficient (Wildman–Crippen LogP) is 1.84. The maximum absolute atomic E-state index is 11.5. The number of anilines is 1. The fourth-order valence-corrected chi connectivity index (χ4v) is 3.52. The van der Waals surface area contributed by atoms with Gasteiger partial charge in [0.2, 0.25) is 5.91 Å². The fraction of sp³-hybridized carbons (Fsp3) is 0.357. The highest BCUT2D eigenvalue weighted by molar-refractivity contribution is 7.99. The molecule has 21 heavy (non-hydrogen) atoms. The van der Waals surface area contributed by atoms with Crippen molar-refractivity contribution in [3.63, 3.8) is 0 Å². The Balaban J connectivity index is 1.96. The van der Waals surface area contributed by atoms with Crippen LogP contribution in [0.25, 0.3) is 0 Å². The molecular formula is C14H17N5OS. The number of primary amides is 1. The number of aromatic nitrogens is 3. The summed E-state index contributed by atoms with van der Waals surface area (Å²) in [5.74, 6) is 0.549. The van der Waals surface area contributed by atoms with Crippen molar-refractivity contribution in [2.24, 2.45) is 5.73 Å². The number of aryl methyl sites for hydroxylation is 1. The molecule has 0 unspecified atom stereocenters. The number of amides is 1. The first-order valence-corrected chi connectivity index (χ1v) is 7.76. The summed E-state index contributed by atoms with van der Waals surface area (Å²) in [5.41, 5.74) is 12.3. The van der Waals surface area contributed by atoms with Crippen LogP contribution in [-0.4, -0.2) is 20.7 Å². The maximum atomic E-state index is 11.5. The molecule has 0 bridgehead atoms. The van der Waals surface area contributed by atoms with Gasteiger partial charge in [-0.3, -0.25) is 4.79 Å². The minimum absolute atomic E-state index is 0.458. The fourth-order valence-electron chi connectivity index (χ4n) is 2.46. The quantitative estimate of drug-likeness (QED) is 0.843. The van der Waals surface area contributed by atoms with E-state index >= 15 is 0 Å². The van der Waals surface area contributed by atoms with Crippen LogP contribution in [0.3, 0.4) is 0 Å². The minimum atomic E-state index is -0.465. The minimum Gasteiger partial charge on any atom is -0.399 e. The first-order chi connectivity index (χ1) is 10.1. The van der Waals surface area contributed by atoms with E-state index < -0.39 is 5.91 Å². The third-order valence-electron chi connectivity index (χ3n) is 3.55. The smallest absolute Gasteiger partial charge is 0.249 e. The molecule has 1 aromatic carbocycles. The number of carbonyl (C=O) groups is 1. The summed E-state index contributed by atoms with van der Waals surface area (Å²) < 4.78 is 2.13. The summed E-state index contributed by atoms with van der Waals surface area (Å²) in [6, 6.07) is 5.08. The van der Waals surface area contributed by atoms with Crippen molar-refractivity contribution in [1.29, 1.82) is 0 Å². The standard InChI is InChI=1S/C14H17N5OS/c15-9-5-6-10(13(16)20)11(8-9)21-14-18-17-12-4-2-1-3-7-19(12)14/h5-6,8H,1-4,7,15H2,(H2,16,20). The van der Waals surface area contributed by atoms with Crippen molar-refractivity contribution in [3.8, 4) is 0 Å². The Hall–Kier alpha value is -2.02. The average molecular weight is 303 g/mol. The first kappa shape index (κ1) is 13.9. The second-order valence-electron chi connectivity index (χ2n) is 5.08. The van der Waals surface area contributed by atoms with Gasteiger partial charge in [0.05, 0.1) is 5.56 Å². The van der Waals surface area contributed by atoms with E-state index in [-0.39, 0.29) is 0 Å². The van der Waals surface area contributed by atoms with E-state index in [0.29, 0.717) is 11.3 Å². The molecule has 1 amide bonds. The van der Waals surface area contributed by atoms with Crippen LogP contribution in [0.5, 0.6) is 0 Å². The van der Waals surface area contributed by atoms with Crippen LogP contribution in [0.4, 0.5) is 5.69 Å². The van der Waals surface area contributed by atoms with E-state index in [0.717, 1.165) is 41.7 Å². The van der Waals surface area contributed by atoms with Gasteiger partial charge in [-0.2, -0.15) is 0 Å². The SMILES string of the molecule is NC(=O)c1ccc(N)cc1Sc1nnc2n1CCCCC2. The lowest BCUT2D eigenvalue weighted by Gasteiger charge is -2.09. The van der Waals surface area contributed by atoms with E-state index in [4.69, 9.17) is 11.5 Å². The zero-order chi connectivity index (χ0) is 14.8. The molecule has 4 N–H and O–H groups in total. The van der Waals surface area contributed by atoms with Gasteiger partial charge in [0.15, 0.2) is 5.16 Å². The zero-order valence-corrected chi connectivity index (χ0v) is 12.4. The zero-order valence-electron chi connectivity index (χ0n) is 11.6. The number of carbonyl (C=O) groups excluding carboxylic acids is 1. The van der Waals surface area contributed by atoms with Gasteiger partial charge in [-0.25, -0.2) is 0 Å². The third kappa shape index (κ3) is 2.87. The molecule has 1 aliphatic rings. The number of nitrogens with two attached hydrogens (primary N) is 2. The lowest BCUT2D eigenvalue weighted by Crippen LogP contribution is -2.12. The van der Waals surface area contributed by atoms with Crippen molar-refractivity contribution < 1.29 is 4.79 Å². The molecule has 6 nitrogen and oxygen atoms in total. The molecule has 110 valence electrons. The summed E-state index contributed by atoms with van der Waals surface area (Å²) in [4.78, 5) is 12.3. The third-order valence-corrected chi connectivity index (χ3v) is 4.59. The second kappa shape index (κ2) is 5.77. The average Bonchev–Trinajstić information content (AvgIpc) is 2.68. The van der Waals surface area contributed by atoms with Gasteiger partial charge >= 0.3 is 0 Å². The molecule has 0 spiro atoms. The molecule has 2 aromatic rings. The normalized spacial score (nSPS) is 14.5. The van der Waals surface area contributed by atoms with Crippen molar-refractivity contribution in [3.05, 3.63) is 29.6 Å². The van der Waals surface area contributed by atoms with E-state index in [1.165, 1.54) is 18.2 Å². The summed E-state index contributed by atoms with van der Waals surface area (Å²) in [6.07, 6.45) is 4.43. The molecule has 0 fully saturated rings. The lowest BCUT2D eigenvalue weighted by molar-refractivity contribution is 0.0997. The van der Waals surface area contributed by atoms with Gasteiger partial charge in [0.25, 0.3) is 0 Å². The van der Waals surface area contributed by atoms with Gasteiger partial charge in [0, 0.05) is 23.5 Å². The summed E-state index contributed by atoms with van der Waals surface area (Å²) in [5, 5.41) is 9.29. The van der Waals surface area contributed by atoms with Crippen LogP contribution in [0.2, 0.25) is 0 Å². The first-order valence-electron chi connectivity index (χ1n) is 6.94. The molecule has 0 saturated heterocycles. The second-order valence-corrected chi connectivity index (χ2v) is 6.09. The molecular weight excluding hydrogens is 286 g/mol. The number of nitrogens with zero attached hydrogens (tertiary/aromatic N) is 3. The molecule has 1 aliphatic heterocycles. The van der Waals surface area contributed by atoms with Crippen molar-refractivity contribution in [2.45, 2.75) is 42.3 Å². The highest BCUT2D eigenvalue weighted by Gasteiger charge is 2.18. The Morgan fingerprint density at radius 2 is 2.10 bits per heavy atom. The Bertz CT molecular complexity index is 682. The molecule has 0 atom stereocenters. The number of hydrogen-bond acceptors (Lipinski definition) is 5. The number of fused-ring (bicyclic) bond motifs is 1. The Labute approximate surface area is 126 Å². The molecule has 0 saturated carbocycles. The van der Waals surface area contributed by atoms with Crippen molar-refractivity contribution >= 4 is 23.4 Å². The predicted molar refractivity (Wildman–Crippen MR) is 81.1 cm³/mol. The molecule has 0 aliphatic carbocycles. The van der Waals surface area contributed by atoms with E-state index in [1.807, 2.05) is 0 Å². The number of rotatable bonds is 3. The molecule has 3 rings (SSSR count). The van der Waals surface area contributed by atoms with Crippen molar-refractivity contribution in [1.82, 2.24) is 14.8 Å². The summed E-state index contributed by atoms with van der Waals surface area (Å²) >= 11 is 1.40. The van der Waals surface area contributed by atoms with Crippen LogP contribution >= 0.6 is 11.8 Å². The molecule has 2 heterocycles. The summed E-state index contributed by atoms with van der Waals surface area (Å²) in [7, 11) is 0. The van der Waals surface area contributed by atoms with Gasteiger partial charge in [-0.1, -0.05) is 6.42 Å². The van der Waals surface area contributed by atoms with Gasteiger partial charge < -0.3 is 16.0 Å². The maximum Gasteiger partial charge on any atom is 0.249 e. The van der Waals surface area contributed by atoms with Gasteiger partial charge in [-0.05, 0) is 42.8 Å². The monoisotopic (exact) mass is 303 g/mol. The van der Waals surface area contributed by atoms with Crippen LogP contribution < -0.4 is 11.5 Å². The van der Waals surface area contributed by atoms with E-state index in [1.54, 1.807) is 18.2 Å². The van der Waals surface area contributed by atoms with Crippen LogP contribution in [0, 0.1) is 0 Å². The highest BCUT2D eigenvalue weighted by Crippen LogP contribution is 2.32. The Morgan fingerprint density at radius 3 is 2.90 bits per heavy atom. The van der Waals surface area contributed by atoms with Crippen LogP contribution in [0.1, 0.15) is 35.4 Å². The van der Waals surface area contributed by atoms with E-state index in [9.17, 15) is 4.79 Å². The lowest BCUT2D eigenvalue weighted by atomic mass is 10.2.